The van der Waals surface area contributed by atoms with Crippen LogP contribution in [-0.4, -0.2) is 19.9 Å². The van der Waals surface area contributed by atoms with E-state index >= 15 is 0 Å². The van der Waals surface area contributed by atoms with E-state index in [1.165, 1.54) is 10.8 Å². The molecule has 2 aromatic heterocycles. The van der Waals surface area contributed by atoms with Crippen molar-refractivity contribution in [1.82, 2.24) is 19.9 Å². The summed E-state index contributed by atoms with van der Waals surface area (Å²) < 4.78 is 0. The highest BCUT2D eigenvalue weighted by atomic mass is 15.0. The minimum absolute atomic E-state index is 0.626. The highest BCUT2D eigenvalue weighted by Crippen LogP contribution is 2.37. The fourth-order valence-corrected chi connectivity index (χ4v) is 6.84. The molecule has 53 heavy (non-hydrogen) atoms. The molecular formula is C49H34N4. The molecule has 0 atom stereocenters. The molecule has 7 aromatic carbocycles. The van der Waals surface area contributed by atoms with Crippen LogP contribution in [0.25, 0.3) is 89.4 Å². The number of hydrogen-bond acceptors (Lipinski definition) is 4. The predicted molar refractivity (Wildman–Crippen MR) is 218 cm³/mol. The van der Waals surface area contributed by atoms with E-state index in [0.29, 0.717) is 17.5 Å². The third-order valence-corrected chi connectivity index (χ3v) is 9.67. The lowest BCUT2D eigenvalue weighted by molar-refractivity contribution is 1.07. The Bertz CT molecular complexity index is 2620. The SMILES string of the molecule is Cc1ccc(-c2ccc(-c3ccc(-c4cc(-c5nc(-c6ccccc6)nc(-c6ccccc6)n5)cc(-c5cccc6ccccc56)c4)cc3)cc2)cn1. The first kappa shape index (κ1) is 31.9. The normalized spacial score (nSPS) is 11.1. The van der Waals surface area contributed by atoms with Gasteiger partial charge < -0.3 is 0 Å². The molecule has 0 aliphatic heterocycles. The second-order valence-corrected chi connectivity index (χ2v) is 13.2. The van der Waals surface area contributed by atoms with Crippen LogP contribution in [0, 0.1) is 6.92 Å². The summed E-state index contributed by atoms with van der Waals surface area (Å²) >= 11 is 0. The van der Waals surface area contributed by atoms with Crippen LogP contribution in [-0.2, 0) is 0 Å². The van der Waals surface area contributed by atoms with E-state index < -0.39 is 0 Å². The number of nitrogens with zero attached hydrogens (tertiary/aromatic N) is 4. The third-order valence-electron chi connectivity index (χ3n) is 9.67. The Morgan fingerprint density at radius 3 is 1.36 bits per heavy atom. The molecule has 0 saturated heterocycles. The van der Waals surface area contributed by atoms with E-state index in [4.69, 9.17) is 15.0 Å². The van der Waals surface area contributed by atoms with Crippen molar-refractivity contribution in [3.05, 3.63) is 194 Å². The molecular weight excluding hydrogens is 645 g/mol. The Morgan fingerprint density at radius 2 is 0.774 bits per heavy atom. The minimum Gasteiger partial charge on any atom is -0.261 e. The maximum atomic E-state index is 5.09. The van der Waals surface area contributed by atoms with Gasteiger partial charge in [0.05, 0.1) is 0 Å². The average Bonchev–Trinajstić information content (AvgIpc) is 3.24. The summed E-state index contributed by atoms with van der Waals surface area (Å²) in [5.41, 5.74) is 12.9. The van der Waals surface area contributed by atoms with Crippen molar-refractivity contribution in [1.29, 1.82) is 0 Å². The predicted octanol–water partition coefficient (Wildman–Crippen LogP) is 12.4. The Morgan fingerprint density at radius 1 is 0.321 bits per heavy atom. The van der Waals surface area contributed by atoms with Gasteiger partial charge in [-0.1, -0.05) is 158 Å². The summed E-state index contributed by atoms with van der Waals surface area (Å²) in [6, 6.07) is 63.6. The highest BCUT2D eigenvalue weighted by Gasteiger charge is 2.16. The van der Waals surface area contributed by atoms with Crippen molar-refractivity contribution in [2.24, 2.45) is 0 Å². The molecule has 0 fully saturated rings. The summed E-state index contributed by atoms with van der Waals surface area (Å²) in [5, 5.41) is 2.40. The van der Waals surface area contributed by atoms with Crippen LogP contribution in [0.15, 0.2) is 188 Å². The third kappa shape index (κ3) is 6.62. The van der Waals surface area contributed by atoms with Gasteiger partial charge in [0.2, 0.25) is 0 Å². The van der Waals surface area contributed by atoms with Crippen LogP contribution in [0.2, 0.25) is 0 Å². The van der Waals surface area contributed by atoms with Gasteiger partial charge in [-0.05, 0) is 80.9 Å². The van der Waals surface area contributed by atoms with Gasteiger partial charge in [0.15, 0.2) is 17.5 Å². The number of aromatic nitrogens is 4. The monoisotopic (exact) mass is 678 g/mol. The van der Waals surface area contributed by atoms with E-state index in [1.807, 2.05) is 79.9 Å². The highest BCUT2D eigenvalue weighted by molar-refractivity contribution is 5.98. The Balaban J connectivity index is 1.16. The van der Waals surface area contributed by atoms with Crippen molar-refractivity contribution in [2.45, 2.75) is 6.92 Å². The van der Waals surface area contributed by atoms with Crippen LogP contribution >= 0.6 is 0 Å². The number of aryl methyl sites for hydroxylation is 1. The number of rotatable bonds is 7. The van der Waals surface area contributed by atoms with Crippen LogP contribution in [0.3, 0.4) is 0 Å². The average molecular weight is 679 g/mol. The zero-order valence-corrected chi connectivity index (χ0v) is 29.2. The molecule has 0 unspecified atom stereocenters. The lowest BCUT2D eigenvalue weighted by atomic mass is 9.92. The molecule has 0 bridgehead atoms. The molecule has 9 aromatic rings. The van der Waals surface area contributed by atoms with Crippen molar-refractivity contribution >= 4 is 10.8 Å². The molecule has 0 saturated carbocycles. The van der Waals surface area contributed by atoms with Crippen molar-refractivity contribution in [3.63, 3.8) is 0 Å². The zero-order chi connectivity index (χ0) is 35.6. The van der Waals surface area contributed by atoms with Gasteiger partial charge in [-0.3, -0.25) is 4.98 Å². The van der Waals surface area contributed by atoms with Crippen molar-refractivity contribution < 1.29 is 0 Å². The summed E-state index contributed by atoms with van der Waals surface area (Å²) in [7, 11) is 0. The van der Waals surface area contributed by atoms with Crippen LogP contribution in [0.4, 0.5) is 0 Å². The van der Waals surface area contributed by atoms with Crippen LogP contribution < -0.4 is 0 Å². The van der Waals surface area contributed by atoms with Gasteiger partial charge >= 0.3 is 0 Å². The topological polar surface area (TPSA) is 51.6 Å². The first-order valence-corrected chi connectivity index (χ1v) is 17.8. The maximum Gasteiger partial charge on any atom is 0.164 e. The molecule has 0 amide bonds. The van der Waals surface area contributed by atoms with Gasteiger partial charge in [0, 0.05) is 34.1 Å². The van der Waals surface area contributed by atoms with Gasteiger partial charge in [-0.15, -0.1) is 0 Å². The first-order chi connectivity index (χ1) is 26.1. The second-order valence-electron chi connectivity index (χ2n) is 13.2. The van der Waals surface area contributed by atoms with Crippen LogP contribution in [0.5, 0.6) is 0 Å². The summed E-state index contributed by atoms with van der Waals surface area (Å²) in [5.74, 6) is 1.91. The Hall–Kier alpha value is -7.04. The molecule has 0 N–H and O–H groups in total. The van der Waals surface area contributed by atoms with Crippen molar-refractivity contribution in [2.75, 3.05) is 0 Å². The largest absolute Gasteiger partial charge is 0.261 e. The number of hydrogen-bond donors (Lipinski definition) is 0. The van der Waals surface area contributed by atoms with Gasteiger partial charge in [-0.2, -0.15) is 0 Å². The molecule has 4 heteroatoms. The van der Waals surface area contributed by atoms with Gasteiger partial charge in [0.1, 0.15) is 0 Å². The van der Waals surface area contributed by atoms with Crippen molar-refractivity contribution in [3.8, 4) is 78.7 Å². The van der Waals surface area contributed by atoms with Crippen LogP contribution in [0.1, 0.15) is 5.69 Å². The molecule has 0 radical (unpaired) electrons. The molecule has 0 spiro atoms. The van der Waals surface area contributed by atoms with Gasteiger partial charge in [0.25, 0.3) is 0 Å². The van der Waals surface area contributed by atoms with Gasteiger partial charge in [-0.25, -0.2) is 15.0 Å². The summed E-state index contributed by atoms with van der Waals surface area (Å²) in [6.07, 6.45) is 1.93. The molecule has 4 nitrogen and oxygen atoms in total. The lowest BCUT2D eigenvalue weighted by Crippen LogP contribution is -2.00. The summed E-state index contributed by atoms with van der Waals surface area (Å²) in [6.45, 7) is 2.01. The number of benzene rings is 7. The summed E-state index contributed by atoms with van der Waals surface area (Å²) in [4.78, 5) is 19.6. The van der Waals surface area contributed by atoms with E-state index in [2.05, 4.69) is 120 Å². The first-order valence-electron chi connectivity index (χ1n) is 17.8. The fourth-order valence-electron chi connectivity index (χ4n) is 6.84. The molecule has 2 heterocycles. The Labute approximate surface area is 309 Å². The van der Waals surface area contributed by atoms with E-state index in [9.17, 15) is 0 Å². The Kier molecular flexibility index (Phi) is 8.39. The van der Waals surface area contributed by atoms with E-state index in [-0.39, 0.29) is 0 Å². The molecule has 0 aliphatic rings. The molecule has 250 valence electrons. The standard InChI is InChI=1S/C49H34N4/c1-33-19-20-41(32-50-33)36-25-21-34(22-26-36)35-23-27-37(28-24-35)42-29-43(46-18-10-16-38-11-8-9-17-45(38)46)31-44(30-42)49-52-47(39-12-4-2-5-13-39)51-48(53-49)40-14-6-3-7-15-40/h2-32H,1H3. The second kappa shape index (κ2) is 13.9. The lowest BCUT2D eigenvalue weighted by Gasteiger charge is -2.14. The number of pyridine rings is 1. The maximum absolute atomic E-state index is 5.09. The zero-order valence-electron chi connectivity index (χ0n) is 29.2. The fraction of sp³-hybridized carbons (Fsp3) is 0.0204. The van der Waals surface area contributed by atoms with E-state index in [1.54, 1.807) is 0 Å². The minimum atomic E-state index is 0.626. The number of fused-ring (bicyclic) bond motifs is 1. The quantitative estimate of drug-likeness (QED) is 0.168. The molecule has 0 aliphatic carbocycles. The molecule has 9 rings (SSSR count). The smallest absolute Gasteiger partial charge is 0.164 e. The van der Waals surface area contributed by atoms with E-state index in [0.717, 1.165) is 66.9 Å².